The van der Waals surface area contributed by atoms with Crippen LogP contribution in [0.25, 0.3) is 10.2 Å². The summed E-state index contributed by atoms with van der Waals surface area (Å²) in [4.78, 5) is 21.7. The van der Waals surface area contributed by atoms with Gasteiger partial charge < -0.3 is 9.47 Å². The molecule has 7 heteroatoms. The first-order chi connectivity index (χ1) is 13.2. The fourth-order valence-corrected chi connectivity index (χ4v) is 4.26. The van der Waals surface area contributed by atoms with Gasteiger partial charge in [-0.2, -0.15) is 0 Å². The van der Waals surface area contributed by atoms with Crippen LogP contribution >= 0.6 is 11.3 Å². The number of benzene rings is 1. The number of aromatic nitrogens is 1. The van der Waals surface area contributed by atoms with Crippen molar-refractivity contribution in [2.24, 2.45) is 0 Å². The molecule has 2 aromatic rings. The summed E-state index contributed by atoms with van der Waals surface area (Å²) < 4.78 is 12.0. The van der Waals surface area contributed by atoms with Gasteiger partial charge in [-0.15, -0.1) is 0 Å². The van der Waals surface area contributed by atoms with Gasteiger partial charge in [0.05, 0.1) is 30.0 Å². The van der Waals surface area contributed by atoms with Crippen molar-refractivity contribution in [3.8, 4) is 5.75 Å². The van der Waals surface area contributed by atoms with E-state index < -0.39 is 0 Å². The third kappa shape index (κ3) is 5.40. The molecule has 6 nitrogen and oxygen atoms in total. The molecule has 1 aliphatic heterocycles. The molecule has 0 spiro atoms. The molecule has 0 bridgehead atoms. The standard InChI is InChI=1S/C20H29N3O3S/c1-3-6-19(24)23(10-5-9-22-11-13-25-14-12-22)20-21-17-8-7-16(26-4-2)15-18(17)27-20/h7-8,15H,3-6,9-14H2,1-2H3. The number of morpholine rings is 1. The fraction of sp³-hybridized carbons (Fsp3) is 0.600. The first-order valence-corrected chi connectivity index (χ1v) is 10.7. The van der Waals surface area contributed by atoms with Gasteiger partial charge in [0.15, 0.2) is 5.13 Å². The molecular weight excluding hydrogens is 362 g/mol. The first-order valence-electron chi connectivity index (χ1n) is 9.85. The number of carbonyl (C=O) groups excluding carboxylic acids is 1. The third-order valence-corrected chi connectivity index (χ3v) is 5.66. The van der Waals surface area contributed by atoms with Crippen LogP contribution in [-0.4, -0.2) is 61.8 Å². The predicted molar refractivity (Wildman–Crippen MR) is 110 cm³/mol. The largest absolute Gasteiger partial charge is 0.494 e. The van der Waals surface area contributed by atoms with E-state index in [1.807, 2.05) is 36.9 Å². The number of fused-ring (bicyclic) bond motifs is 1. The number of carbonyl (C=O) groups is 1. The smallest absolute Gasteiger partial charge is 0.228 e. The maximum atomic E-state index is 12.7. The average Bonchev–Trinajstić information content (AvgIpc) is 3.09. The topological polar surface area (TPSA) is 54.9 Å². The second-order valence-electron chi connectivity index (χ2n) is 6.66. The fourth-order valence-electron chi connectivity index (χ4n) is 3.22. The first kappa shape index (κ1) is 20.0. The maximum Gasteiger partial charge on any atom is 0.228 e. The van der Waals surface area contributed by atoms with Crippen LogP contribution in [0, 0.1) is 0 Å². The van der Waals surface area contributed by atoms with Gasteiger partial charge in [-0.1, -0.05) is 18.3 Å². The van der Waals surface area contributed by atoms with Crippen molar-refractivity contribution < 1.29 is 14.3 Å². The number of hydrogen-bond acceptors (Lipinski definition) is 6. The molecule has 27 heavy (non-hydrogen) atoms. The summed E-state index contributed by atoms with van der Waals surface area (Å²) in [5.41, 5.74) is 0.918. The van der Waals surface area contributed by atoms with Crippen LogP contribution in [-0.2, 0) is 9.53 Å². The van der Waals surface area contributed by atoms with Gasteiger partial charge in [0, 0.05) is 32.6 Å². The molecule has 2 heterocycles. The van der Waals surface area contributed by atoms with E-state index in [1.54, 1.807) is 11.3 Å². The molecule has 0 aliphatic carbocycles. The van der Waals surface area contributed by atoms with E-state index in [1.165, 1.54) is 0 Å². The molecule has 0 saturated carbocycles. The molecule has 148 valence electrons. The van der Waals surface area contributed by atoms with Crippen molar-refractivity contribution in [2.75, 3.05) is 50.9 Å². The molecule has 1 fully saturated rings. The molecule has 1 amide bonds. The highest BCUT2D eigenvalue weighted by Crippen LogP contribution is 2.32. The van der Waals surface area contributed by atoms with E-state index in [0.29, 0.717) is 19.6 Å². The average molecular weight is 392 g/mol. The molecule has 0 radical (unpaired) electrons. The second-order valence-corrected chi connectivity index (χ2v) is 7.67. The van der Waals surface area contributed by atoms with E-state index >= 15 is 0 Å². The quantitative estimate of drug-likeness (QED) is 0.654. The Morgan fingerprint density at radius 2 is 2.15 bits per heavy atom. The summed E-state index contributed by atoms with van der Waals surface area (Å²) in [5.74, 6) is 1.00. The Labute approximate surface area is 165 Å². The van der Waals surface area contributed by atoms with Crippen molar-refractivity contribution in [3.05, 3.63) is 18.2 Å². The summed E-state index contributed by atoms with van der Waals surface area (Å²) in [6.45, 7) is 9.90. The van der Waals surface area contributed by atoms with E-state index in [-0.39, 0.29) is 5.91 Å². The molecule has 0 unspecified atom stereocenters. The SMILES string of the molecule is CCCC(=O)N(CCCN1CCOCC1)c1nc2ccc(OCC)cc2s1. The Morgan fingerprint density at radius 3 is 2.89 bits per heavy atom. The normalized spacial score (nSPS) is 15.2. The Kier molecular flexibility index (Phi) is 7.43. The number of ether oxygens (including phenoxy) is 2. The summed E-state index contributed by atoms with van der Waals surface area (Å²) in [7, 11) is 0. The Bertz CT molecular complexity index is 743. The molecule has 3 rings (SSSR count). The van der Waals surface area contributed by atoms with Crippen LogP contribution in [0.5, 0.6) is 5.75 Å². The minimum absolute atomic E-state index is 0.156. The van der Waals surface area contributed by atoms with Crippen molar-refractivity contribution in [1.82, 2.24) is 9.88 Å². The highest BCUT2D eigenvalue weighted by Gasteiger charge is 2.20. The predicted octanol–water partition coefficient (Wildman–Crippen LogP) is 3.55. The molecule has 1 aromatic heterocycles. The number of anilines is 1. The lowest BCUT2D eigenvalue weighted by Crippen LogP contribution is -2.39. The Hall–Kier alpha value is -1.70. The number of rotatable bonds is 9. The van der Waals surface area contributed by atoms with Crippen molar-refractivity contribution >= 4 is 32.6 Å². The lowest BCUT2D eigenvalue weighted by atomic mass is 10.2. The van der Waals surface area contributed by atoms with Crippen LogP contribution in [0.2, 0.25) is 0 Å². The lowest BCUT2D eigenvalue weighted by Gasteiger charge is -2.27. The number of thiazole rings is 1. The minimum atomic E-state index is 0.156. The maximum absolute atomic E-state index is 12.7. The van der Waals surface area contributed by atoms with Gasteiger partial charge in [0.25, 0.3) is 0 Å². The number of amides is 1. The zero-order valence-electron chi connectivity index (χ0n) is 16.3. The zero-order chi connectivity index (χ0) is 19.1. The summed E-state index contributed by atoms with van der Waals surface area (Å²) in [6.07, 6.45) is 2.34. The number of nitrogens with zero attached hydrogens (tertiary/aromatic N) is 3. The van der Waals surface area contributed by atoms with Gasteiger partial charge in [0.2, 0.25) is 5.91 Å². The molecular formula is C20H29N3O3S. The van der Waals surface area contributed by atoms with Crippen molar-refractivity contribution in [3.63, 3.8) is 0 Å². The molecule has 1 aromatic carbocycles. The minimum Gasteiger partial charge on any atom is -0.494 e. The van der Waals surface area contributed by atoms with Gasteiger partial charge in [-0.3, -0.25) is 14.6 Å². The van der Waals surface area contributed by atoms with E-state index in [2.05, 4.69) is 4.90 Å². The molecule has 1 saturated heterocycles. The molecule has 0 N–H and O–H groups in total. The monoisotopic (exact) mass is 391 g/mol. The van der Waals surface area contributed by atoms with Crippen LogP contribution in [0.3, 0.4) is 0 Å². The second kappa shape index (κ2) is 10.0. The van der Waals surface area contributed by atoms with Gasteiger partial charge in [-0.25, -0.2) is 4.98 Å². The van der Waals surface area contributed by atoms with Crippen molar-refractivity contribution in [2.45, 2.75) is 33.1 Å². The van der Waals surface area contributed by atoms with Crippen LogP contribution < -0.4 is 9.64 Å². The van der Waals surface area contributed by atoms with E-state index in [0.717, 1.165) is 66.8 Å². The lowest BCUT2D eigenvalue weighted by molar-refractivity contribution is -0.118. The summed E-state index contributed by atoms with van der Waals surface area (Å²) in [6, 6.07) is 5.92. The highest BCUT2D eigenvalue weighted by molar-refractivity contribution is 7.22. The Balaban J connectivity index is 1.71. The van der Waals surface area contributed by atoms with Gasteiger partial charge in [0.1, 0.15) is 5.75 Å². The van der Waals surface area contributed by atoms with E-state index in [9.17, 15) is 4.79 Å². The van der Waals surface area contributed by atoms with Crippen LogP contribution in [0.1, 0.15) is 33.1 Å². The van der Waals surface area contributed by atoms with Gasteiger partial charge in [-0.05, 0) is 38.0 Å². The zero-order valence-corrected chi connectivity index (χ0v) is 17.1. The van der Waals surface area contributed by atoms with Crippen LogP contribution in [0.15, 0.2) is 18.2 Å². The highest BCUT2D eigenvalue weighted by atomic mass is 32.1. The Morgan fingerprint density at radius 1 is 1.33 bits per heavy atom. The van der Waals surface area contributed by atoms with E-state index in [4.69, 9.17) is 14.5 Å². The van der Waals surface area contributed by atoms with Crippen LogP contribution in [0.4, 0.5) is 5.13 Å². The molecule has 1 aliphatic rings. The van der Waals surface area contributed by atoms with Gasteiger partial charge >= 0.3 is 0 Å². The third-order valence-electron chi connectivity index (χ3n) is 4.62. The summed E-state index contributed by atoms with van der Waals surface area (Å²) in [5, 5.41) is 0.791. The van der Waals surface area contributed by atoms with Crippen molar-refractivity contribution in [1.29, 1.82) is 0 Å². The molecule has 0 atom stereocenters. The number of hydrogen-bond donors (Lipinski definition) is 0. The summed E-state index contributed by atoms with van der Waals surface area (Å²) >= 11 is 1.57.